The molecule has 1 saturated heterocycles. The van der Waals surface area contributed by atoms with E-state index in [1.807, 2.05) is 19.6 Å². The molecule has 27 heavy (non-hydrogen) atoms. The number of halogens is 1. The van der Waals surface area contributed by atoms with Gasteiger partial charge in [0, 0.05) is 39.1 Å². The van der Waals surface area contributed by atoms with Gasteiger partial charge in [-0.05, 0) is 36.3 Å². The molecule has 2 atom stereocenters. The highest BCUT2D eigenvalue weighted by molar-refractivity contribution is 14.0. The molecule has 2 aromatic rings. The molecule has 0 amide bonds. The van der Waals surface area contributed by atoms with Gasteiger partial charge in [0.25, 0.3) is 0 Å². The summed E-state index contributed by atoms with van der Waals surface area (Å²) in [6, 6.07) is 9.38. The van der Waals surface area contributed by atoms with Gasteiger partial charge in [-0.1, -0.05) is 38.1 Å². The molecule has 148 valence electrons. The number of likely N-dealkylation sites (tertiary alicyclic amines) is 1. The Kier molecular flexibility index (Phi) is 8.60. The molecule has 1 aromatic heterocycles. The van der Waals surface area contributed by atoms with Crippen molar-refractivity contribution in [2.75, 3.05) is 26.7 Å². The maximum absolute atomic E-state index is 4.52. The Balaban J connectivity index is 0.00000261. The van der Waals surface area contributed by atoms with E-state index in [0.717, 1.165) is 38.4 Å². The summed E-state index contributed by atoms with van der Waals surface area (Å²) in [5, 5.41) is 3.55. The van der Waals surface area contributed by atoms with Crippen molar-refractivity contribution in [3.05, 3.63) is 54.1 Å². The molecule has 0 aliphatic carbocycles. The number of hydrogen-bond acceptors (Lipinski definition) is 2. The van der Waals surface area contributed by atoms with Gasteiger partial charge >= 0.3 is 0 Å². The molecule has 0 spiro atoms. The number of nitrogens with one attached hydrogen (secondary N) is 1. The van der Waals surface area contributed by atoms with E-state index < -0.39 is 0 Å². The van der Waals surface area contributed by atoms with E-state index in [0.29, 0.717) is 12.0 Å². The molecule has 1 fully saturated rings. The third kappa shape index (κ3) is 5.70. The smallest absolute Gasteiger partial charge is 0.193 e. The topological polar surface area (TPSA) is 45.5 Å². The molecule has 1 aliphatic rings. The summed E-state index contributed by atoms with van der Waals surface area (Å²) in [4.78, 5) is 11.1. The lowest BCUT2D eigenvalue weighted by atomic mass is 9.93. The van der Waals surface area contributed by atoms with Crippen molar-refractivity contribution in [2.45, 2.75) is 39.2 Å². The largest absolute Gasteiger partial charge is 0.356 e. The normalized spacial score (nSPS) is 20.3. The number of benzene rings is 1. The predicted octanol–water partition coefficient (Wildman–Crippen LogP) is 3.76. The molecule has 1 aromatic carbocycles. The first kappa shape index (κ1) is 21.7. The highest BCUT2D eigenvalue weighted by Gasteiger charge is 2.28. The Morgan fingerprint density at radius 1 is 1.26 bits per heavy atom. The van der Waals surface area contributed by atoms with Crippen LogP contribution in [0.1, 0.15) is 37.4 Å². The molecular formula is C21H32IN5. The number of nitrogens with zero attached hydrogens (tertiary/aromatic N) is 4. The number of piperidine rings is 1. The number of rotatable bonds is 5. The minimum absolute atomic E-state index is 0. The number of aromatic nitrogens is 2. The number of aryl methyl sites for hydroxylation is 1. The van der Waals surface area contributed by atoms with E-state index in [1.54, 1.807) is 0 Å². The van der Waals surface area contributed by atoms with Crippen LogP contribution in [-0.4, -0.2) is 47.1 Å². The highest BCUT2D eigenvalue weighted by atomic mass is 127. The second-order valence-electron chi connectivity index (χ2n) is 7.18. The lowest BCUT2D eigenvalue weighted by molar-refractivity contribution is 0.189. The molecule has 0 bridgehead atoms. The fraction of sp³-hybridized carbons (Fsp3) is 0.524. The SMILES string of the molecule is CCc1ccc(CCNC(=NC)N2CCC(C)C(n3ccnc3)C2)cc1.I. The van der Waals surface area contributed by atoms with E-state index in [1.165, 1.54) is 17.5 Å². The Labute approximate surface area is 180 Å². The maximum Gasteiger partial charge on any atom is 0.193 e. The monoisotopic (exact) mass is 481 g/mol. The quantitative estimate of drug-likeness (QED) is 0.402. The predicted molar refractivity (Wildman–Crippen MR) is 123 cm³/mol. The maximum atomic E-state index is 4.52. The van der Waals surface area contributed by atoms with Crippen LogP contribution in [0.3, 0.4) is 0 Å². The number of imidazole rings is 1. The van der Waals surface area contributed by atoms with Gasteiger partial charge in [0.2, 0.25) is 0 Å². The molecule has 6 heteroatoms. The summed E-state index contributed by atoms with van der Waals surface area (Å²) in [5.74, 6) is 1.66. The third-order valence-corrected chi connectivity index (χ3v) is 5.47. The van der Waals surface area contributed by atoms with Gasteiger partial charge in [-0.3, -0.25) is 4.99 Å². The van der Waals surface area contributed by atoms with Crippen LogP contribution in [0.2, 0.25) is 0 Å². The first-order chi connectivity index (χ1) is 12.7. The zero-order chi connectivity index (χ0) is 18.4. The van der Waals surface area contributed by atoms with Gasteiger partial charge in [-0.2, -0.15) is 0 Å². The van der Waals surface area contributed by atoms with Crippen LogP contribution in [0.15, 0.2) is 48.0 Å². The number of hydrogen-bond donors (Lipinski definition) is 1. The van der Waals surface area contributed by atoms with E-state index in [9.17, 15) is 0 Å². The zero-order valence-corrected chi connectivity index (χ0v) is 19.0. The Morgan fingerprint density at radius 2 is 2.00 bits per heavy atom. The minimum atomic E-state index is 0. The summed E-state index contributed by atoms with van der Waals surface area (Å²) < 4.78 is 2.24. The molecule has 0 saturated carbocycles. The van der Waals surface area contributed by atoms with Crippen LogP contribution in [-0.2, 0) is 12.8 Å². The first-order valence-corrected chi connectivity index (χ1v) is 9.72. The van der Waals surface area contributed by atoms with E-state index in [-0.39, 0.29) is 24.0 Å². The fourth-order valence-corrected chi connectivity index (χ4v) is 3.69. The molecule has 3 rings (SSSR count). The van der Waals surface area contributed by atoms with Crippen molar-refractivity contribution in [1.82, 2.24) is 19.8 Å². The first-order valence-electron chi connectivity index (χ1n) is 9.72. The summed E-state index contributed by atoms with van der Waals surface area (Å²) in [7, 11) is 1.88. The van der Waals surface area contributed by atoms with Crippen LogP contribution >= 0.6 is 24.0 Å². The van der Waals surface area contributed by atoms with Crippen molar-refractivity contribution in [3.8, 4) is 0 Å². The number of guanidine groups is 1. The fourth-order valence-electron chi connectivity index (χ4n) is 3.69. The zero-order valence-electron chi connectivity index (χ0n) is 16.6. The van der Waals surface area contributed by atoms with Crippen molar-refractivity contribution < 1.29 is 0 Å². The van der Waals surface area contributed by atoms with Gasteiger partial charge in [0.15, 0.2) is 5.96 Å². The van der Waals surface area contributed by atoms with Crippen LogP contribution < -0.4 is 5.32 Å². The van der Waals surface area contributed by atoms with Crippen LogP contribution in [0, 0.1) is 5.92 Å². The third-order valence-electron chi connectivity index (χ3n) is 5.47. The van der Waals surface area contributed by atoms with Gasteiger partial charge in [0.05, 0.1) is 12.4 Å². The average molecular weight is 481 g/mol. The van der Waals surface area contributed by atoms with Gasteiger partial charge in [-0.15, -0.1) is 24.0 Å². The van der Waals surface area contributed by atoms with Crippen LogP contribution in [0.25, 0.3) is 0 Å². The molecule has 1 aliphatic heterocycles. The second-order valence-corrected chi connectivity index (χ2v) is 7.18. The van der Waals surface area contributed by atoms with E-state index in [4.69, 9.17) is 0 Å². The highest BCUT2D eigenvalue weighted by Crippen LogP contribution is 2.27. The Hall–Kier alpha value is -1.57. The van der Waals surface area contributed by atoms with Crippen molar-refractivity contribution in [1.29, 1.82) is 0 Å². The summed E-state index contributed by atoms with van der Waals surface area (Å²) in [5.41, 5.74) is 2.76. The van der Waals surface area contributed by atoms with Gasteiger partial charge in [0.1, 0.15) is 0 Å². The Bertz CT molecular complexity index is 696. The lowest BCUT2D eigenvalue weighted by Crippen LogP contribution is -2.49. The molecule has 5 nitrogen and oxygen atoms in total. The van der Waals surface area contributed by atoms with Gasteiger partial charge in [-0.25, -0.2) is 4.98 Å². The second kappa shape index (κ2) is 10.7. The van der Waals surface area contributed by atoms with Crippen LogP contribution in [0.4, 0.5) is 0 Å². The van der Waals surface area contributed by atoms with Crippen molar-refractivity contribution >= 4 is 29.9 Å². The molecule has 0 radical (unpaired) electrons. The molecule has 2 unspecified atom stereocenters. The average Bonchev–Trinajstić information content (AvgIpc) is 3.21. The standard InChI is InChI=1S/C21H31N5.HI/c1-4-18-5-7-19(8-6-18)9-11-24-21(22-3)25-13-10-17(2)20(15-25)26-14-12-23-16-26;/h5-8,12,14,16-17,20H,4,9-11,13,15H2,1-3H3,(H,22,24);1H. The van der Waals surface area contributed by atoms with Crippen molar-refractivity contribution in [3.63, 3.8) is 0 Å². The summed E-state index contributed by atoms with van der Waals surface area (Å²) >= 11 is 0. The number of aliphatic imine (C=N–C) groups is 1. The lowest BCUT2D eigenvalue weighted by Gasteiger charge is -2.39. The van der Waals surface area contributed by atoms with E-state index >= 15 is 0 Å². The van der Waals surface area contributed by atoms with E-state index in [2.05, 4.69) is 69.1 Å². The van der Waals surface area contributed by atoms with Crippen molar-refractivity contribution in [2.24, 2.45) is 10.9 Å². The van der Waals surface area contributed by atoms with Crippen LogP contribution in [0.5, 0.6) is 0 Å². The van der Waals surface area contributed by atoms with Gasteiger partial charge < -0.3 is 14.8 Å². The summed E-state index contributed by atoms with van der Waals surface area (Å²) in [6.07, 6.45) is 9.14. The molecule has 1 N–H and O–H groups in total. The molecular weight excluding hydrogens is 449 g/mol. The Morgan fingerprint density at radius 3 is 2.63 bits per heavy atom. The molecule has 2 heterocycles. The summed E-state index contributed by atoms with van der Waals surface area (Å²) in [6.45, 7) is 7.45. The minimum Gasteiger partial charge on any atom is -0.356 e.